The highest BCUT2D eigenvalue weighted by Crippen LogP contribution is 2.42. The Labute approximate surface area is 217 Å². The van der Waals surface area contributed by atoms with Crippen LogP contribution in [0.25, 0.3) is 0 Å². The molecule has 0 atom stereocenters. The molecule has 2 saturated carbocycles. The summed E-state index contributed by atoms with van der Waals surface area (Å²) in [4.78, 5) is 0. The molecule has 0 bridgehead atoms. The van der Waals surface area contributed by atoms with E-state index in [9.17, 15) is 26.3 Å². The van der Waals surface area contributed by atoms with E-state index in [1.807, 2.05) is 0 Å². The van der Waals surface area contributed by atoms with Gasteiger partial charge in [0.05, 0.1) is 17.7 Å². The number of aliphatic hydroxyl groups excluding tert-OH is 1. The average Bonchev–Trinajstić information content (AvgIpc) is 2.88. The zero-order valence-electron chi connectivity index (χ0n) is 20.2. The normalized spacial score (nSPS) is 18.0. The van der Waals surface area contributed by atoms with Crippen molar-refractivity contribution in [1.29, 1.82) is 0 Å². The maximum atomic E-state index is 13.1. The van der Waals surface area contributed by atoms with E-state index in [0.717, 1.165) is 70.3 Å². The van der Waals surface area contributed by atoms with Crippen LogP contribution in [0.3, 0.4) is 0 Å². The van der Waals surface area contributed by atoms with Crippen molar-refractivity contribution in [3.05, 3.63) is 69.8 Å². The molecule has 2 aliphatic carbocycles. The summed E-state index contributed by atoms with van der Waals surface area (Å²) in [5.74, 6) is 0.0999. The first-order valence-electron chi connectivity index (χ1n) is 12.6. The topological polar surface area (TPSA) is 20.2 Å². The minimum absolute atomic E-state index is 0.0168. The van der Waals surface area contributed by atoms with E-state index in [1.165, 1.54) is 6.07 Å². The van der Waals surface area contributed by atoms with Crippen LogP contribution < -0.4 is 0 Å². The van der Waals surface area contributed by atoms with Crippen molar-refractivity contribution < 1.29 is 31.4 Å². The largest absolute Gasteiger partial charge is 0.416 e. The zero-order valence-corrected chi connectivity index (χ0v) is 21.8. The smallest absolute Gasteiger partial charge is 0.392 e. The van der Waals surface area contributed by atoms with E-state index >= 15 is 0 Å². The molecule has 2 aromatic carbocycles. The Balaban J connectivity index is 0.000000201. The van der Waals surface area contributed by atoms with E-state index in [1.54, 1.807) is 24.3 Å². The van der Waals surface area contributed by atoms with Crippen LogP contribution in [0.1, 0.15) is 109 Å². The van der Waals surface area contributed by atoms with E-state index in [0.29, 0.717) is 27.6 Å². The summed E-state index contributed by atoms with van der Waals surface area (Å²) in [7, 11) is 0. The van der Waals surface area contributed by atoms with Crippen molar-refractivity contribution in [2.75, 3.05) is 0 Å². The highest BCUT2D eigenvalue weighted by atomic mass is 79.9. The summed E-state index contributed by atoms with van der Waals surface area (Å²) in [5, 5.41) is 9.42. The van der Waals surface area contributed by atoms with Crippen LogP contribution in [0, 0.1) is 0 Å². The molecular formula is C28H33BrF6O. The number of aliphatic hydroxyl groups is 1. The molecule has 0 aliphatic heterocycles. The second-order valence-electron chi connectivity index (χ2n) is 9.80. The molecule has 200 valence electrons. The van der Waals surface area contributed by atoms with Crippen LogP contribution in [0.4, 0.5) is 26.3 Å². The van der Waals surface area contributed by atoms with E-state index < -0.39 is 23.5 Å². The molecule has 1 N–H and O–H groups in total. The second kappa shape index (κ2) is 12.8. The van der Waals surface area contributed by atoms with Crippen LogP contribution >= 0.6 is 15.9 Å². The number of benzene rings is 2. The minimum atomic E-state index is -4.34. The van der Waals surface area contributed by atoms with Gasteiger partial charge in [-0.25, -0.2) is 0 Å². The predicted octanol–water partition coefficient (Wildman–Crippen LogP) is 9.89. The molecule has 0 radical (unpaired) electrons. The minimum Gasteiger partial charge on any atom is -0.392 e. The Bertz CT molecular complexity index is 893. The highest BCUT2D eigenvalue weighted by Gasteiger charge is 2.36. The zero-order chi connectivity index (χ0) is 26.3. The maximum absolute atomic E-state index is 13.1. The quantitative estimate of drug-likeness (QED) is 0.282. The number of hydrogen-bond acceptors (Lipinski definition) is 1. The predicted molar refractivity (Wildman–Crippen MR) is 133 cm³/mol. The van der Waals surface area contributed by atoms with Gasteiger partial charge in [-0.15, -0.1) is 0 Å². The van der Waals surface area contributed by atoms with E-state index in [-0.39, 0.29) is 18.4 Å². The lowest BCUT2D eigenvalue weighted by Gasteiger charge is -2.25. The lowest BCUT2D eigenvalue weighted by Crippen LogP contribution is -2.14. The summed E-state index contributed by atoms with van der Waals surface area (Å²) in [6.07, 6.45) is 1.22. The lowest BCUT2D eigenvalue weighted by molar-refractivity contribution is -0.139. The molecule has 8 heteroatoms. The highest BCUT2D eigenvalue weighted by molar-refractivity contribution is 9.08. The number of halogens is 7. The maximum Gasteiger partial charge on any atom is 0.416 e. The molecule has 0 spiro atoms. The summed E-state index contributed by atoms with van der Waals surface area (Å²) in [6, 6.07) is 9.00. The van der Waals surface area contributed by atoms with Crippen LogP contribution in [0.2, 0.25) is 0 Å². The van der Waals surface area contributed by atoms with E-state index in [4.69, 9.17) is 5.11 Å². The lowest BCUT2D eigenvalue weighted by atomic mass is 9.81. The fourth-order valence-electron chi connectivity index (χ4n) is 5.42. The molecule has 2 fully saturated rings. The molecule has 0 unspecified atom stereocenters. The summed E-state index contributed by atoms with van der Waals surface area (Å²) in [5.41, 5.74) is 0.891. The monoisotopic (exact) mass is 578 g/mol. The average molecular weight is 579 g/mol. The van der Waals surface area contributed by atoms with Crippen molar-refractivity contribution in [2.45, 2.75) is 100 Å². The molecule has 1 nitrogen and oxygen atoms in total. The van der Waals surface area contributed by atoms with Crippen LogP contribution in [0.15, 0.2) is 36.4 Å². The fraction of sp³-hybridized carbons (Fsp3) is 0.571. The van der Waals surface area contributed by atoms with Gasteiger partial charge in [-0.1, -0.05) is 78.7 Å². The molecule has 2 aliphatic rings. The SMILES string of the molecule is FC(F)(F)c1cc(CBr)ccc1C1CCCCC1.OCc1ccc(C2CCCCC2)c(C(F)(F)F)c1. The number of hydrogen-bond donors (Lipinski definition) is 1. The fourth-order valence-corrected chi connectivity index (χ4v) is 5.77. The van der Waals surface area contributed by atoms with Crippen molar-refractivity contribution in [2.24, 2.45) is 0 Å². The molecule has 2 aromatic rings. The third-order valence-electron chi connectivity index (χ3n) is 7.27. The van der Waals surface area contributed by atoms with Crippen LogP contribution in [0.5, 0.6) is 0 Å². The van der Waals surface area contributed by atoms with Gasteiger partial charge in [0.1, 0.15) is 0 Å². The Morgan fingerprint density at radius 1 is 0.639 bits per heavy atom. The first-order chi connectivity index (χ1) is 17.0. The Morgan fingerprint density at radius 2 is 1.03 bits per heavy atom. The third-order valence-corrected chi connectivity index (χ3v) is 7.92. The summed E-state index contributed by atoms with van der Waals surface area (Å²) in [6.45, 7) is -0.353. The van der Waals surface area contributed by atoms with Crippen molar-refractivity contribution in [3.63, 3.8) is 0 Å². The molecule has 4 rings (SSSR count). The molecule has 0 aromatic heterocycles. The molecular weight excluding hydrogens is 546 g/mol. The van der Waals surface area contributed by atoms with Crippen molar-refractivity contribution >= 4 is 15.9 Å². The summed E-state index contributed by atoms with van der Waals surface area (Å²) >= 11 is 3.21. The molecule has 36 heavy (non-hydrogen) atoms. The second-order valence-corrected chi connectivity index (χ2v) is 10.4. The Hall–Kier alpha value is -1.54. The van der Waals surface area contributed by atoms with Gasteiger partial charge < -0.3 is 5.11 Å². The Morgan fingerprint density at radius 3 is 1.39 bits per heavy atom. The van der Waals surface area contributed by atoms with Crippen molar-refractivity contribution in [1.82, 2.24) is 0 Å². The number of rotatable bonds is 4. The molecule has 0 saturated heterocycles. The molecule has 0 amide bonds. The Kier molecular flexibility index (Phi) is 10.3. The summed E-state index contributed by atoms with van der Waals surface area (Å²) < 4.78 is 78.4. The van der Waals surface area contributed by atoms with Gasteiger partial charge >= 0.3 is 12.4 Å². The van der Waals surface area contributed by atoms with Gasteiger partial charge in [0.25, 0.3) is 0 Å². The van der Waals surface area contributed by atoms with E-state index in [2.05, 4.69) is 15.9 Å². The van der Waals surface area contributed by atoms with Crippen molar-refractivity contribution in [3.8, 4) is 0 Å². The van der Waals surface area contributed by atoms with Crippen LogP contribution in [-0.2, 0) is 24.3 Å². The third kappa shape index (κ3) is 7.73. The molecule has 0 heterocycles. The first-order valence-corrected chi connectivity index (χ1v) is 13.7. The van der Waals surface area contributed by atoms with Gasteiger partial charge in [0.2, 0.25) is 0 Å². The van der Waals surface area contributed by atoms with Gasteiger partial charge in [-0.05, 0) is 71.9 Å². The standard InChI is InChI=1S/C14H16BrF3.C14H17F3O/c15-9-10-6-7-12(11-4-2-1-3-5-11)13(8-10)14(16,17)18;15-14(16,17)13-8-10(9-18)6-7-12(13)11-4-2-1-3-5-11/h6-8,11H,1-5,9H2;6-8,11,18H,1-5,9H2. The number of alkyl halides is 7. The van der Waals surface area contributed by atoms with Gasteiger partial charge in [-0.2, -0.15) is 26.3 Å². The van der Waals surface area contributed by atoms with Gasteiger partial charge in [0, 0.05) is 5.33 Å². The van der Waals surface area contributed by atoms with Crippen LogP contribution in [-0.4, -0.2) is 5.11 Å². The van der Waals surface area contributed by atoms with Gasteiger partial charge in [-0.3, -0.25) is 0 Å². The van der Waals surface area contributed by atoms with Gasteiger partial charge in [0.15, 0.2) is 0 Å². The first kappa shape index (κ1) is 29.0.